The van der Waals surface area contributed by atoms with Crippen LogP contribution in [-0.2, 0) is 0 Å². The fraction of sp³-hybridized carbons (Fsp3) is 1.00. The van der Waals surface area contributed by atoms with Crippen LogP contribution in [0.15, 0.2) is 0 Å². The third kappa shape index (κ3) is 3.96. The van der Waals surface area contributed by atoms with E-state index < -0.39 is 0 Å². The lowest BCUT2D eigenvalue weighted by Gasteiger charge is -2.35. The van der Waals surface area contributed by atoms with Crippen molar-refractivity contribution in [2.45, 2.75) is 77.2 Å². The summed E-state index contributed by atoms with van der Waals surface area (Å²) in [6.45, 7) is 2.40. The average molecular weight is 238 g/mol. The Balaban J connectivity index is 1.82. The summed E-state index contributed by atoms with van der Waals surface area (Å²) in [5, 5.41) is 0. The molecule has 0 aromatic rings. The molecular formula is C15H30N2. The molecule has 17 heavy (non-hydrogen) atoms. The molecule has 3 atom stereocenters. The molecule has 2 aliphatic rings. The number of hydrogen-bond donors (Lipinski definition) is 2. The molecule has 3 N–H and O–H groups in total. The predicted octanol–water partition coefficient (Wildman–Crippen LogP) is 3.62. The molecule has 0 spiro atoms. The Morgan fingerprint density at radius 2 is 1.82 bits per heavy atom. The van der Waals surface area contributed by atoms with E-state index in [9.17, 15) is 0 Å². The van der Waals surface area contributed by atoms with Crippen LogP contribution in [0.2, 0.25) is 0 Å². The molecule has 2 aliphatic carbocycles. The van der Waals surface area contributed by atoms with Gasteiger partial charge in [-0.05, 0) is 37.0 Å². The lowest BCUT2D eigenvalue weighted by molar-refractivity contribution is 0.186. The Morgan fingerprint density at radius 1 is 1.06 bits per heavy atom. The molecule has 2 nitrogen and oxygen atoms in total. The van der Waals surface area contributed by atoms with E-state index in [2.05, 4.69) is 12.3 Å². The van der Waals surface area contributed by atoms with Crippen molar-refractivity contribution in [2.24, 2.45) is 23.6 Å². The minimum Gasteiger partial charge on any atom is -0.271 e. The van der Waals surface area contributed by atoms with Crippen LogP contribution in [0.5, 0.6) is 0 Å². The largest absolute Gasteiger partial charge is 0.271 e. The molecule has 0 saturated heterocycles. The van der Waals surface area contributed by atoms with Crippen molar-refractivity contribution in [2.75, 3.05) is 0 Å². The molecule has 0 aromatic carbocycles. The van der Waals surface area contributed by atoms with Crippen LogP contribution in [0.25, 0.3) is 0 Å². The quantitative estimate of drug-likeness (QED) is 0.580. The molecule has 3 unspecified atom stereocenters. The second-order valence-corrected chi connectivity index (χ2v) is 6.54. The highest BCUT2D eigenvalue weighted by Crippen LogP contribution is 2.35. The van der Waals surface area contributed by atoms with E-state index in [1.54, 1.807) is 0 Å². The van der Waals surface area contributed by atoms with Crippen LogP contribution >= 0.6 is 0 Å². The first-order chi connectivity index (χ1) is 8.29. The van der Waals surface area contributed by atoms with E-state index in [0.717, 1.165) is 17.8 Å². The zero-order chi connectivity index (χ0) is 12.1. The van der Waals surface area contributed by atoms with Crippen LogP contribution in [0, 0.1) is 17.8 Å². The standard InChI is InChI=1S/C15H30N2/c1-12-6-5-9-14(10-12)15(17-16)11-13-7-3-2-4-8-13/h12-15,17H,2-11,16H2,1H3. The minimum absolute atomic E-state index is 0.584. The van der Waals surface area contributed by atoms with Gasteiger partial charge in [0.05, 0.1) is 0 Å². The van der Waals surface area contributed by atoms with Gasteiger partial charge in [-0.15, -0.1) is 0 Å². The maximum absolute atomic E-state index is 5.82. The molecule has 2 saturated carbocycles. The first-order valence-electron chi connectivity index (χ1n) is 7.75. The van der Waals surface area contributed by atoms with E-state index in [1.807, 2.05) is 0 Å². The van der Waals surface area contributed by atoms with Gasteiger partial charge >= 0.3 is 0 Å². The third-order valence-electron chi connectivity index (χ3n) is 5.07. The molecule has 2 rings (SSSR count). The molecule has 2 fully saturated rings. The summed E-state index contributed by atoms with van der Waals surface area (Å²) in [4.78, 5) is 0. The SMILES string of the molecule is CC1CCCC(C(CC2CCCCC2)NN)C1. The van der Waals surface area contributed by atoms with Crippen molar-refractivity contribution in [3.05, 3.63) is 0 Å². The fourth-order valence-corrected chi connectivity index (χ4v) is 4.03. The molecule has 0 aliphatic heterocycles. The third-order valence-corrected chi connectivity index (χ3v) is 5.07. The number of hydrogen-bond acceptors (Lipinski definition) is 2. The molecule has 2 heteroatoms. The predicted molar refractivity (Wildman–Crippen MR) is 73.4 cm³/mol. The Bertz CT molecular complexity index is 211. The van der Waals surface area contributed by atoms with Gasteiger partial charge in [0.25, 0.3) is 0 Å². The monoisotopic (exact) mass is 238 g/mol. The normalized spacial score (nSPS) is 33.5. The second kappa shape index (κ2) is 6.75. The smallest absolute Gasteiger partial charge is 0.0241 e. The summed E-state index contributed by atoms with van der Waals surface area (Å²) in [6, 6.07) is 0.584. The molecule has 100 valence electrons. The topological polar surface area (TPSA) is 38.0 Å². The van der Waals surface area contributed by atoms with Crippen LogP contribution in [0.4, 0.5) is 0 Å². The van der Waals surface area contributed by atoms with Crippen LogP contribution in [0.3, 0.4) is 0 Å². The van der Waals surface area contributed by atoms with Crippen molar-refractivity contribution in [1.82, 2.24) is 5.43 Å². The zero-order valence-corrected chi connectivity index (χ0v) is 11.5. The lowest BCUT2D eigenvalue weighted by atomic mass is 9.74. The van der Waals surface area contributed by atoms with Crippen LogP contribution in [-0.4, -0.2) is 6.04 Å². The van der Waals surface area contributed by atoms with Crippen molar-refractivity contribution in [3.8, 4) is 0 Å². The molecule has 0 heterocycles. The minimum atomic E-state index is 0.584. The summed E-state index contributed by atoms with van der Waals surface area (Å²) in [5.41, 5.74) is 3.14. The van der Waals surface area contributed by atoms with Gasteiger partial charge in [-0.1, -0.05) is 51.9 Å². The van der Waals surface area contributed by atoms with Crippen molar-refractivity contribution in [3.63, 3.8) is 0 Å². The Kier molecular flexibility index (Phi) is 5.30. The number of hydrazine groups is 1. The maximum atomic E-state index is 5.82. The van der Waals surface area contributed by atoms with Crippen molar-refractivity contribution < 1.29 is 0 Å². The second-order valence-electron chi connectivity index (χ2n) is 6.54. The average Bonchev–Trinajstić information content (AvgIpc) is 2.37. The van der Waals surface area contributed by atoms with Gasteiger partial charge in [0.15, 0.2) is 0 Å². The molecule has 0 aromatic heterocycles. The molecule has 0 radical (unpaired) electrons. The van der Waals surface area contributed by atoms with Gasteiger partial charge in [-0.2, -0.15) is 0 Å². The Labute approximate surface area is 107 Å². The highest BCUT2D eigenvalue weighted by Gasteiger charge is 2.28. The Hall–Kier alpha value is -0.0800. The molecule has 0 amide bonds. The van der Waals surface area contributed by atoms with Crippen LogP contribution < -0.4 is 11.3 Å². The highest BCUT2D eigenvalue weighted by atomic mass is 15.2. The van der Waals surface area contributed by atoms with E-state index in [1.165, 1.54) is 64.2 Å². The first kappa shape index (κ1) is 13.4. The highest BCUT2D eigenvalue weighted by molar-refractivity contribution is 4.83. The molecule has 0 bridgehead atoms. The van der Waals surface area contributed by atoms with Gasteiger partial charge in [-0.3, -0.25) is 11.3 Å². The Morgan fingerprint density at radius 3 is 2.47 bits per heavy atom. The van der Waals surface area contributed by atoms with Gasteiger partial charge in [0, 0.05) is 6.04 Å². The van der Waals surface area contributed by atoms with Crippen molar-refractivity contribution >= 4 is 0 Å². The van der Waals surface area contributed by atoms with E-state index >= 15 is 0 Å². The van der Waals surface area contributed by atoms with Gasteiger partial charge in [-0.25, -0.2) is 0 Å². The van der Waals surface area contributed by atoms with E-state index in [0.29, 0.717) is 6.04 Å². The van der Waals surface area contributed by atoms with Gasteiger partial charge < -0.3 is 0 Å². The summed E-state index contributed by atoms with van der Waals surface area (Å²) in [7, 11) is 0. The van der Waals surface area contributed by atoms with E-state index in [4.69, 9.17) is 5.84 Å². The first-order valence-corrected chi connectivity index (χ1v) is 7.75. The zero-order valence-electron chi connectivity index (χ0n) is 11.5. The lowest BCUT2D eigenvalue weighted by Crippen LogP contribution is -2.43. The number of nitrogens with one attached hydrogen (secondary N) is 1. The summed E-state index contributed by atoms with van der Waals surface area (Å²) in [5.74, 6) is 8.51. The summed E-state index contributed by atoms with van der Waals surface area (Å²) >= 11 is 0. The van der Waals surface area contributed by atoms with Crippen molar-refractivity contribution in [1.29, 1.82) is 0 Å². The molecular weight excluding hydrogens is 208 g/mol. The fourth-order valence-electron chi connectivity index (χ4n) is 4.03. The van der Waals surface area contributed by atoms with Crippen LogP contribution in [0.1, 0.15) is 71.1 Å². The van der Waals surface area contributed by atoms with Gasteiger partial charge in [0.1, 0.15) is 0 Å². The number of rotatable bonds is 4. The van der Waals surface area contributed by atoms with E-state index in [-0.39, 0.29) is 0 Å². The number of nitrogens with two attached hydrogens (primary N) is 1. The maximum Gasteiger partial charge on any atom is 0.0241 e. The summed E-state index contributed by atoms with van der Waals surface area (Å²) < 4.78 is 0. The van der Waals surface area contributed by atoms with Gasteiger partial charge in [0.2, 0.25) is 0 Å². The summed E-state index contributed by atoms with van der Waals surface area (Å²) in [6.07, 6.45) is 14.2.